The molecule has 0 bridgehead atoms. The Hall–Kier alpha value is -2.35. The van der Waals surface area contributed by atoms with E-state index in [9.17, 15) is 4.79 Å². The van der Waals surface area contributed by atoms with E-state index in [1.54, 1.807) is 0 Å². The molecule has 100 valence electrons. The molecule has 2 heteroatoms. The summed E-state index contributed by atoms with van der Waals surface area (Å²) in [6.07, 6.45) is 3.17. The molecule has 0 N–H and O–H groups in total. The molecular formula is C18H16O2. The van der Waals surface area contributed by atoms with Gasteiger partial charge in [0.05, 0.1) is 12.2 Å². The fraction of sp³-hybridized carbons (Fsp3) is 0.167. The van der Waals surface area contributed by atoms with Gasteiger partial charge < -0.3 is 4.74 Å². The molecule has 0 saturated heterocycles. The van der Waals surface area contributed by atoms with Gasteiger partial charge in [0, 0.05) is 0 Å². The third kappa shape index (κ3) is 2.37. The highest BCUT2D eigenvalue weighted by atomic mass is 16.5. The topological polar surface area (TPSA) is 26.3 Å². The Morgan fingerprint density at radius 2 is 1.85 bits per heavy atom. The lowest BCUT2D eigenvalue weighted by atomic mass is 10.0. The van der Waals surface area contributed by atoms with Gasteiger partial charge in [-0.3, -0.25) is 0 Å². The Morgan fingerprint density at radius 3 is 2.55 bits per heavy atom. The summed E-state index contributed by atoms with van der Waals surface area (Å²) in [4.78, 5) is 11.6. The summed E-state index contributed by atoms with van der Waals surface area (Å²) in [5.74, 6) is -0.261. The molecular weight excluding hydrogens is 248 g/mol. The van der Waals surface area contributed by atoms with Crippen molar-refractivity contribution in [2.75, 3.05) is 6.61 Å². The first-order valence-corrected chi connectivity index (χ1v) is 6.84. The van der Waals surface area contributed by atoms with Crippen molar-refractivity contribution in [3.63, 3.8) is 0 Å². The fourth-order valence-electron chi connectivity index (χ4n) is 2.50. The lowest BCUT2D eigenvalue weighted by molar-refractivity contribution is 0.0526. The predicted molar refractivity (Wildman–Crippen MR) is 80.4 cm³/mol. The van der Waals surface area contributed by atoms with E-state index in [0.29, 0.717) is 12.2 Å². The summed E-state index contributed by atoms with van der Waals surface area (Å²) < 4.78 is 4.99. The fourth-order valence-corrected chi connectivity index (χ4v) is 2.50. The molecule has 0 aromatic heterocycles. The van der Waals surface area contributed by atoms with Crippen molar-refractivity contribution in [1.82, 2.24) is 0 Å². The summed E-state index contributed by atoms with van der Waals surface area (Å²) >= 11 is 0. The van der Waals surface area contributed by atoms with Crippen LogP contribution < -0.4 is 0 Å². The number of esters is 1. The number of allylic oxidation sites excluding steroid dienone is 1. The molecule has 20 heavy (non-hydrogen) atoms. The SMILES string of the molecule is CCOC(=O)c1ccc(C2=Cc3ccccc3C2)cc1. The zero-order valence-corrected chi connectivity index (χ0v) is 11.4. The number of hydrogen-bond acceptors (Lipinski definition) is 2. The van der Waals surface area contributed by atoms with Crippen molar-refractivity contribution < 1.29 is 9.53 Å². The molecule has 0 unspecified atom stereocenters. The Balaban J connectivity index is 1.82. The van der Waals surface area contributed by atoms with Gasteiger partial charge in [-0.25, -0.2) is 4.79 Å². The van der Waals surface area contributed by atoms with Crippen molar-refractivity contribution >= 4 is 17.6 Å². The lowest BCUT2D eigenvalue weighted by Crippen LogP contribution is -2.04. The third-order valence-electron chi connectivity index (χ3n) is 3.53. The van der Waals surface area contributed by atoms with Crippen molar-refractivity contribution in [2.45, 2.75) is 13.3 Å². The zero-order chi connectivity index (χ0) is 13.9. The lowest BCUT2D eigenvalue weighted by Gasteiger charge is -2.05. The average molecular weight is 264 g/mol. The minimum Gasteiger partial charge on any atom is -0.462 e. The van der Waals surface area contributed by atoms with Crippen LogP contribution in [0.1, 0.15) is 34.0 Å². The van der Waals surface area contributed by atoms with Gasteiger partial charge in [-0.1, -0.05) is 42.5 Å². The van der Waals surface area contributed by atoms with E-state index in [2.05, 4.69) is 30.3 Å². The molecule has 2 aromatic carbocycles. The molecule has 0 amide bonds. The van der Waals surface area contributed by atoms with E-state index in [-0.39, 0.29) is 5.97 Å². The van der Waals surface area contributed by atoms with Crippen LogP contribution in [0.25, 0.3) is 11.6 Å². The first-order chi connectivity index (χ1) is 9.78. The van der Waals surface area contributed by atoms with Gasteiger partial charge in [-0.2, -0.15) is 0 Å². The first-order valence-electron chi connectivity index (χ1n) is 6.84. The second kappa shape index (κ2) is 5.33. The van der Waals surface area contributed by atoms with E-state index in [1.165, 1.54) is 16.7 Å². The first kappa shape index (κ1) is 12.7. The number of hydrogen-bond donors (Lipinski definition) is 0. The number of carbonyl (C=O) groups is 1. The van der Waals surface area contributed by atoms with Crippen LogP contribution in [0.5, 0.6) is 0 Å². The van der Waals surface area contributed by atoms with Crippen LogP contribution in [-0.4, -0.2) is 12.6 Å². The number of ether oxygens (including phenoxy) is 1. The largest absolute Gasteiger partial charge is 0.462 e. The molecule has 0 aliphatic heterocycles. The predicted octanol–water partition coefficient (Wildman–Crippen LogP) is 3.96. The molecule has 1 aliphatic rings. The summed E-state index contributed by atoms with van der Waals surface area (Å²) in [5.41, 5.74) is 5.71. The maximum atomic E-state index is 11.6. The van der Waals surface area contributed by atoms with Crippen molar-refractivity contribution in [1.29, 1.82) is 0 Å². The molecule has 0 heterocycles. The molecule has 1 aliphatic carbocycles. The van der Waals surface area contributed by atoms with Gasteiger partial charge in [-0.15, -0.1) is 0 Å². The molecule has 0 spiro atoms. The Bertz CT molecular complexity index is 666. The van der Waals surface area contributed by atoms with Crippen LogP contribution in [0.4, 0.5) is 0 Å². The van der Waals surface area contributed by atoms with E-state index in [4.69, 9.17) is 4.74 Å². The van der Waals surface area contributed by atoms with Gasteiger partial charge in [0.1, 0.15) is 0 Å². The number of rotatable bonds is 3. The smallest absolute Gasteiger partial charge is 0.338 e. The average Bonchev–Trinajstić information content (AvgIpc) is 2.91. The van der Waals surface area contributed by atoms with Gasteiger partial charge in [0.15, 0.2) is 0 Å². The van der Waals surface area contributed by atoms with Crippen LogP contribution in [0, 0.1) is 0 Å². The second-order valence-corrected chi connectivity index (χ2v) is 4.84. The van der Waals surface area contributed by atoms with Crippen molar-refractivity contribution in [3.05, 3.63) is 70.8 Å². The molecule has 2 aromatic rings. The summed E-state index contributed by atoms with van der Waals surface area (Å²) in [6, 6.07) is 16.1. The Morgan fingerprint density at radius 1 is 1.10 bits per heavy atom. The quantitative estimate of drug-likeness (QED) is 0.784. The van der Waals surface area contributed by atoms with E-state index < -0.39 is 0 Å². The number of fused-ring (bicyclic) bond motifs is 1. The maximum Gasteiger partial charge on any atom is 0.338 e. The van der Waals surface area contributed by atoms with Crippen LogP contribution in [0.15, 0.2) is 48.5 Å². The molecule has 0 atom stereocenters. The molecule has 0 radical (unpaired) electrons. The number of carbonyl (C=O) groups excluding carboxylic acids is 1. The Kier molecular flexibility index (Phi) is 3.38. The van der Waals surface area contributed by atoms with Crippen molar-refractivity contribution in [2.24, 2.45) is 0 Å². The monoisotopic (exact) mass is 264 g/mol. The maximum absolute atomic E-state index is 11.6. The molecule has 0 fully saturated rings. The zero-order valence-electron chi connectivity index (χ0n) is 11.4. The van der Waals surface area contributed by atoms with E-state index >= 15 is 0 Å². The normalized spacial score (nSPS) is 12.8. The van der Waals surface area contributed by atoms with Crippen LogP contribution in [-0.2, 0) is 11.2 Å². The summed E-state index contributed by atoms with van der Waals surface area (Å²) in [7, 11) is 0. The Labute approximate surface area is 118 Å². The van der Waals surface area contributed by atoms with Gasteiger partial charge in [-0.05, 0) is 47.7 Å². The second-order valence-electron chi connectivity index (χ2n) is 4.84. The summed E-state index contributed by atoms with van der Waals surface area (Å²) in [6.45, 7) is 2.22. The van der Waals surface area contributed by atoms with E-state index in [1.807, 2.05) is 31.2 Å². The van der Waals surface area contributed by atoms with Crippen LogP contribution in [0.3, 0.4) is 0 Å². The molecule has 0 saturated carbocycles. The number of benzene rings is 2. The highest BCUT2D eigenvalue weighted by Gasteiger charge is 2.14. The van der Waals surface area contributed by atoms with Crippen LogP contribution in [0.2, 0.25) is 0 Å². The highest BCUT2D eigenvalue weighted by molar-refractivity contribution is 5.92. The molecule has 2 nitrogen and oxygen atoms in total. The van der Waals surface area contributed by atoms with Gasteiger partial charge in [0.2, 0.25) is 0 Å². The minimum absolute atomic E-state index is 0.261. The van der Waals surface area contributed by atoms with E-state index in [0.717, 1.165) is 12.0 Å². The minimum atomic E-state index is -0.261. The molecule has 3 rings (SSSR count). The third-order valence-corrected chi connectivity index (χ3v) is 3.53. The van der Waals surface area contributed by atoms with Crippen molar-refractivity contribution in [3.8, 4) is 0 Å². The standard InChI is InChI=1S/C18H16O2/c1-2-20-18(19)14-9-7-13(8-10-14)17-11-15-5-3-4-6-16(15)12-17/h3-11H,2,12H2,1H3. The van der Waals surface area contributed by atoms with Crippen LogP contribution >= 0.6 is 0 Å². The summed E-state index contributed by atoms with van der Waals surface area (Å²) in [5, 5.41) is 0. The van der Waals surface area contributed by atoms with Gasteiger partial charge >= 0.3 is 5.97 Å². The highest BCUT2D eigenvalue weighted by Crippen LogP contribution is 2.31. The van der Waals surface area contributed by atoms with Gasteiger partial charge in [0.25, 0.3) is 0 Å².